The van der Waals surface area contributed by atoms with Crippen molar-refractivity contribution < 1.29 is 24.1 Å². The molecule has 5 nitrogen and oxygen atoms in total. The van der Waals surface area contributed by atoms with E-state index in [1.54, 1.807) is 21.1 Å². The summed E-state index contributed by atoms with van der Waals surface area (Å²) in [5, 5.41) is 8.81. The Labute approximate surface area is 131 Å². The number of rotatable bonds is 5. The quantitative estimate of drug-likeness (QED) is 0.366. The number of carbonyl (C=O) groups is 1. The van der Waals surface area contributed by atoms with Crippen molar-refractivity contribution in [3.63, 3.8) is 0 Å². The van der Waals surface area contributed by atoms with Gasteiger partial charge in [0.15, 0.2) is 5.79 Å². The summed E-state index contributed by atoms with van der Waals surface area (Å²) in [5.74, 6) is -1.59. The lowest BCUT2D eigenvalue weighted by Gasteiger charge is -2.46. The highest BCUT2D eigenvalue weighted by Crippen LogP contribution is 2.68. The van der Waals surface area contributed by atoms with E-state index in [9.17, 15) is 4.79 Å². The van der Waals surface area contributed by atoms with Crippen molar-refractivity contribution in [2.24, 2.45) is 5.41 Å². The lowest BCUT2D eigenvalue weighted by Crippen LogP contribution is -2.54. The number of aliphatic carboxylic acids is 1. The van der Waals surface area contributed by atoms with Crippen LogP contribution in [-0.4, -0.2) is 42.3 Å². The van der Waals surface area contributed by atoms with Gasteiger partial charge in [-0.15, -0.1) is 0 Å². The molecule has 1 saturated heterocycles. The van der Waals surface area contributed by atoms with Gasteiger partial charge in [-0.05, 0) is 25.5 Å². The number of ether oxygens (including phenoxy) is 3. The molecule has 0 aromatic carbocycles. The van der Waals surface area contributed by atoms with Gasteiger partial charge in [-0.1, -0.05) is 19.9 Å². The van der Waals surface area contributed by atoms with E-state index in [0.717, 1.165) is 0 Å². The largest absolute Gasteiger partial charge is 0.478 e. The Balaban J connectivity index is 2.31. The summed E-state index contributed by atoms with van der Waals surface area (Å²) in [7, 11) is 3.32. The van der Waals surface area contributed by atoms with Gasteiger partial charge in [-0.2, -0.15) is 0 Å². The van der Waals surface area contributed by atoms with Crippen LogP contribution in [0.3, 0.4) is 0 Å². The first-order valence-corrected chi connectivity index (χ1v) is 7.46. The van der Waals surface area contributed by atoms with Gasteiger partial charge in [0.05, 0.1) is 0 Å². The molecule has 5 heteroatoms. The highest BCUT2D eigenvalue weighted by Gasteiger charge is 2.77. The summed E-state index contributed by atoms with van der Waals surface area (Å²) in [6, 6.07) is 0. The number of allylic oxidation sites excluding steroid dienone is 2. The van der Waals surface area contributed by atoms with Crippen LogP contribution in [0, 0.1) is 5.41 Å². The number of epoxide rings is 1. The van der Waals surface area contributed by atoms with E-state index < -0.39 is 17.4 Å². The van der Waals surface area contributed by atoms with Gasteiger partial charge in [-0.3, -0.25) is 0 Å². The van der Waals surface area contributed by atoms with E-state index in [0.29, 0.717) is 18.4 Å². The maximum Gasteiger partial charge on any atom is 0.328 e. The van der Waals surface area contributed by atoms with Gasteiger partial charge in [-0.25, -0.2) is 4.79 Å². The molecule has 0 aromatic rings. The third-order valence-electron chi connectivity index (χ3n) is 5.13. The molecule has 0 bridgehead atoms. The van der Waals surface area contributed by atoms with Crippen LogP contribution in [0.4, 0.5) is 0 Å². The summed E-state index contributed by atoms with van der Waals surface area (Å²) >= 11 is 0. The molecule has 22 heavy (non-hydrogen) atoms. The summed E-state index contributed by atoms with van der Waals surface area (Å²) in [4.78, 5) is 10.7. The van der Waals surface area contributed by atoms with Crippen LogP contribution in [0.15, 0.2) is 23.8 Å². The Morgan fingerprint density at radius 1 is 1.18 bits per heavy atom. The van der Waals surface area contributed by atoms with Gasteiger partial charge >= 0.3 is 5.97 Å². The molecule has 0 aromatic heterocycles. The molecule has 2 unspecified atom stereocenters. The molecule has 1 saturated carbocycles. The Kier molecular flexibility index (Phi) is 4.05. The van der Waals surface area contributed by atoms with Gasteiger partial charge in [0.2, 0.25) is 0 Å². The lowest BCUT2D eigenvalue weighted by atomic mass is 9.61. The van der Waals surface area contributed by atoms with E-state index in [-0.39, 0.29) is 11.0 Å². The van der Waals surface area contributed by atoms with Crippen LogP contribution < -0.4 is 0 Å². The fraction of sp³-hybridized carbons (Fsp3) is 0.706. The zero-order valence-electron chi connectivity index (χ0n) is 14.2. The monoisotopic (exact) mass is 310 g/mol. The summed E-state index contributed by atoms with van der Waals surface area (Å²) < 4.78 is 17.4. The Hall–Kier alpha value is -1.17. The first kappa shape index (κ1) is 17.2. The molecule has 2 rings (SSSR count). The molecule has 1 aliphatic carbocycles. The maximum absolute atomic E-state index is 10.7. The van der Waals surface area contributed by atoms with Crippen LogP contribution in [0.25, 0.3) is 0 Å². The SMILES string of the molecule is COC1(OC)CC(C)(C)C2(/C=C/C(C)=C\C(=O)O)OC2(C)C1. The van der Waals surface area contributed by atoms with Gasteiger partial charge in [0, 0.05) is 38.6 Å². The minimum atomic E-state index is -0.945. The van der Waals surface area contributed by atoms with E-state index in [2.05, 4.69) is 20.8 Å². The van der Waals surface area contributed by atoms with E-state index in [1.807, 2.05) is 12.2 Å². The molecule has 0 spiro atoms. The van der Waals surface area contributed by atoms with Crippen LogP contribution in [0.1, 0.15) is 40.5 Å². The van der Waals surface area contributed by atoms with Crippen molar-refractivity contribution >= 4 is 5.97 Å². The van der Waals surface area contributed by atoms with Crippen molar-refractivity contribution in [1.29, 1.82) is 0 Å². The highest BCUT2D eigenvalue weighted by atomic mass is 16.7. The standard InChI is InChI=1S/C17H26O5/c1-12(9-13(18)19)7-8-17-14(2,3)10-16(20-5,21-6)11-15(17,4)22-17/h7-9H,10-11H2,1-6H3,(H,18,19)/b8-7+,12-9-. The number of hydrogen-bond acceptors (Lipinski definition) is 4. The Morgan fingerprint density at radius 3 is 2.23 bits per heavy atom. The predicted molar refractivity (Wildman–Crippen MR) is 82.5 cm³/mol. The molecule has 2 fully saturated rings. The molecule has 1 N–H and O–H groups in total. The van der Waals surface area contributed by atoms with Gasteiger partial charge in [0.25, 0.3) is 0 Å². The van der Waals surface area contributed by atoms with Crippen LogP contribution >= 0.6 is 0 Å². The first-order valence-electron chi connectivity index (χ1n) is 7.46. The first-order chi connectivity index (χ1) is 10.1. The maximum atomic E-state index is 10.7. The van der Waals surface area contributed by atoms with Crippen molar-refractivity contribution in [2.75, 3.05) is 14.2 Å². The number of carboxylic acid groups (broad SMARTS) is 1. The second kappa shape index (κ2) is 5.18. The van der Waals surface area contributed by atoms with Crippen LogP contribution in [-0.2, 0) is 19.0 Å². The van der Waals surface area contributed by atoms with E-state index in [1.165, 1.54) is 6.08 Å². The molecular formula is C17H26O5. The smallest absolute Gasteiger partial charge is 0.328 e. The van der Waals surface area contributed by atoms with Crippen molar-refractivity contribution in [3.05, 3.63) is 23.8 Å². The predicted octanol–water partition coefficient (Wildman–Crippen LogP) is 2.91. The number of fused-ring (bicyclic) bond motifs is 1. The van der Waals surface area contributed by atoms with Gasteiger partial charge < -0.3 is 19.3 Å². The average Bonchev–Trinajstić information content (AvgIpc) is 3.02. The molecule has 0 radical (unpaired) electrons. The van der Waals surface area contributed by atoms with E-state index >= 15 is 0 Å². The zero-order chi connectivity index (χ0) is 16.8. The molecule has 2 atom stereocenters. The fourth-order valence-corrected chi connectivity index (χ4v) is 4.03. The third-order valence-corrected chi connectivity index (χ3v) is 5.13. The number of carboxylic acids is 1. The zero-order valence-corrected chi connectivity index (χ0v) is 14.2. The average molecular weight is 310 g/mol. The molecular weight excluding hydrogens is 284 g/mol. The summed E-state index contributed by atoms with van der Waals surface area (Å²) in [6.07, 6.45) is 6.36. The van der Waals surface area contributed by atoms with Crippen molar-refractivity contribution in [3.8, 4) is 0 Å². The second-order valence-electron chi connectivity index (χ2n) is 7.18. The molecule has 0 amide bonds. The molecule has 1 heterocycles. The topological polar surface area (TPSA) is 68.3 Å². The minimum absolute atomic E-state index is 0.202. The molecule has 2 aliphatic rings. The Morgan fingerprint density at radius 2 is 1.77 bits per heavy atom. The lowest BCUT2D eigenvalue weighted by molar-refractivity contribution is -0.243. The Bertz CT molecular complexity index is 529. The van der Waals surface area contributed by atoms with Crippen molar-refractivity contribution in [2.45, 2.75) is 57.5 Å². The van der Waals surface area contributed by atoms with Crippen LogP contribution in [0.2, 0.25) is 0 Å². The molecule has 1 aliphatic heterocycles. The number of hydrogen-bond donors (Lipinski definition) is 1. The van der Waals surface area contributed by atoms with E-state index in [4.69, 9.17) is 19.3 Å². The highest BCUT2D eigenvalue weighted by molar-refractivity contribution is 5.81. The summed E-state index contributed by atoms with van der Waals surface area (Å²) in [5.41, 5.74) is -0.313. The van der Waals surface area contributed by atoms with Crippen LogP contribution in [0.5, 0.6) is 0 Å². The third kappa shape index (κ3) is 2.51. The second-order valence-corrected chi connectivity index (χ2v) is 7.18. The van der Waals surface area contributed by atoms with Gasteiger partial charge in [0.1, 0.15) is 11.2 Å². The van der Waals surface area contributed by atoms with Crippen molar-refractivity contribution in [1.82, 2.24) is 0 Å². The molecule has 124 valence electrons. The normalized spacial score (nSPS) is 36.2. The summed E-state index contributed by atoms with van der Waals surface area (Å²) in [6.45, 7) is 8.09. The minimum Gasteiger partial charge on any atom is -0.478 e. The number of methoxy groups -OCH3 is 2. The fourth-order valence-electron chi connectivity index (χ4n) is 4.03.